The molecule has 1 amide bonds. The van der Waals surface area contributed by atoms with Crippen LogP contribution in [0.4, 0.5) is 0 Å². The maximum Gasteiger partial charge on any atom is 0.375 e. The number of nitrogens with one attached hydrogen (secondary N) is 2. The van der Waals surface area contributed by atoms with E-state index >= 15 is 0 Å². The number of carbonyl (C=O) groups is 2. The number of pyridine rings is 1. The lowest BCUT2D eigenvalue weighted by Crippen LogP contribution is -2.39. The molecule has 8 heteroatoms. The maximum absolute atomic E-state index is 11.8. The molecule has 0 aliphatic heterocycles. The molecule has 1 aromatic heterocycles. The third kappa shape index (κ3) is 3.72. The zero-order valence-electron chi connectivity index (χ0n) is 11.5. The lowest BCUT2D eigenvalue weighted by Gasteiger charge is -2.09. The fraction of sp³-hybridized carbons (Fsp3) is 0.0714. The van der Waals surface area contributed by atoms with E-state index in [2.05, 4.69) is 10.3 Å². The zero-order chi connectivity index (χ0) is 16.1. The lowest BCUT2D eigenvalue weighted by atomic mass is 10.2. The predicted octanol–water partition coefficient (Wildman–Crippen LogP) is 1.05. The summed E-state index contributed by atoms with van der Waals surface area (Å²) in [5.41, 5.74) is 4.26. The van der Waals surface area contributed by atoms with Crippen molar-refractivity contribution in [2.75, 3.05) is 0 Å². The van der Waals surface area contributed by atoms with Gasteiger partial charge in [0, 0.05) is 23.7 Å². The minimum atomic E-state index is -0.809. The molecule has 0 saturated carbocycles. The van der Waals surface area contributed by atoms with E-state index in [4.69, 9.17) is 11.6 Å². The minimum Gasteiger partial charge on any atom is -0.345 e. The van der Waals surface area contributed by atoms with Crippen molar-refractivity contribution in [3.63, 3.8) is 0 Å². The first-order chi connectivity index (χ1) is 10.5. The highest BCUT2D eigenvalue weighted by atomic mass is 35.5. The van der Waals surface area contributed by atoms with Gasteiger partial charge in [0.1, 0.15) is 5.69 Å². The van der Waals surface area contributed by atoms with Crippen LogP contribution in [0, 0.1) is 0 Å². The summed E-state index contributed by atoms with van der Waals surface area (Å²) in [4.78, 5) is 39.6. The molecule has 2 aromatic rings. The highest BCUT2D eigenvalue weighted by Crippen LogP contribution is 2.08. The van der Waals surface area contributed by atoms with Gasteiger partial charge in [-0.05, 0) is 30.3 Å². The molecule has 2 rings (SSSR count). The number of hydrogen-bond donors (Lipinski definition) is 2. The molecule has 0 aliphatic rings. The smallest absolute Gasteiger partial charge is 0.345 e. The fourth-order valence-corrected chi connectivity index (χ4v) is 1.74. The Morgan fingerprint density at radius 2 is 1.82 bits per heavy atom. The van der Waals surface area contributed by atoms with Crippen LogP contribution in [0.25, 0.3) is 0 Å². The summed E-state index contributed by atoms with van der Waals surface area (Å²) in [7, 11) is 1.44. The fourth-order valence-electron chi connectivity index (χ4n) is 1.61. The summed E-state index contributed by atoms with van der Waals surface area (Å²) in [6.45, 7) is 0. The van der Waals surface area contributed by atoms with Gasteiger partial charge in [-0.15, -0.1) is 0 Å². The van der Waals surface area contributed by atoms with Gasteiger partial charge >= 0.3 is 5.97 Å². The Bertz CT molecular complexity index is 755. The number of hydrogen-bond acceptors (Lipinski definition) is 5. The van der Waals surface area contributed by atoms with Crippen LogP contribution >= 0.6 is 11.6 Å². The quantitative estimate of drug-likeness (QED) is 0.821. The number of amides is 1. The van der Waals surface area contributed by atoms with Crippen molar-refractivity contribution >= 4 is 23.5 Å². The van der Waals surface area contributed by atoms with Gasteiger partial charge in [-0.2, -0.15) is 0 Å². The van der Waals surface area contributed by atoms with Gasteiger partial charge in [0.2, 0.25) is 0 Å². The molecule has 1 aromatic carbocycles. The normalized spacial score (nSPS) is 10.1. The second-order valence-electron chi connectivity index (χ2n) is 4.26. The summed E-state index contributed by atoms with van der Waals surface area (Å²) in [6, 6.07) is 10.3. The van der Waals surface area contributed by atoms with Crippen molar-refractivity contribution < 1.29 is 14.4 Å². The van der Waals surface area contributed by atoms with Crippen molar-refractivity contribution in [2.24, 2.45) is 7.05 Å². The topological polar surface area (TPSA) is 89.4 Å². The van der Waals surface area contributed by atoms with Gasteiger partial charge in [0.15, 0.2) is 0 Å². The molecule has 22 heavy (non-hydrogen) atoms. The van der Waals surface area contributed by atoms with Crippen LogP contribution in [0.15, 0.2) is 47.3 Å². The third-order valence-electron chi connectivity index (χ3n) is 2.81. The molecule has 0 aliphatic carbocycles. The van der Waals surface area contributed by atoms with E-state index in [9.17, 15) is 14.4 Å². The Labute approximate surface area is 130 Å². The van der Waals surface area contributed by atoms with Gasteiger partial charge in [-0.1, -0.05) is 23.3 Å². The van der Waals surface area contributed by atoms with Crippen LogP contribution in [0.1, 0.15) is 20.8 Å². The van der Waals surface area contributed by atoms with Crippen LogP contribution in [-0.2, 0) is 11.9 Å². The van der Waals surface area contributed by atoms with Gasteiger partial charge in [0.05, 0.1) is 0 Å². The first-order valence-electron chi connectivity index (χ1n) is 6.17. The van der Waals surface area contributed by atoms with E-state index in [1.807, 2.05) is 5.59 Å². The first kappa shape index (κ1) is 15.7. The van der Waals surface area contributed by atoms with Crippen molar-refractivity contribution in [2.45, 2.75) is 0 Å². The molecule has 2 N–H and O–H groups in total. The van der Waals surface area contributed by atoms with Gasteiger partial charge in [0.25, 0.3) is 11.5 Å². The van der Waals surface area contributed by atoms with Crippen LogP contribution in [0.3, 0.4) is 0 Å². The second-order valence-corrected chi connectivity index (χ2v) is 4.70. The molecular weight excluding hydrogens is 310 g/mol. The maximum atomic E-state index is 11.8. The largest absolute Gasteiger partial charge is 0.375 e. The Balaban J connectivity index is 1.92. The molecule has 7 nitrogen and oxygen atoms in total. The number of nitrogens with zero attached hydrogens (tertiary/aromatic N) is 1. The Kier molecular flexibility index (Phi) is 4.92. The summed E-state index contributed by atoms with van der Waals surface area (Å²) < 4.78 is 1.13. The molecule has 0 fully saturated rings. The molecule has 0 spiro atoms. The van der Waals surface area contributed by atoms with E-state index < -0.39 is 11.9 Å². The SMILES string of the molecule is Cn1c(C(=O)ONNC(=O)c2ccc(Cl)cc2)cccc1=O. The standard InChI is InChI=1S/C14H12ClN3O4/c1-18-11(3-2-4-12(18)19)14(21)22-17-16-13(20)9-5-7-10(15)8-6-9/h2-8,17H,1H3,(H,16,20). The van der Waals surface area contributed by atoms with Gasteiger partial charge in [-0.25, -0.2) is 4.79 Å². The summed E-state index contributed by atoms with van der Waals surface area (Å²) in [5.74, 6) is -1.32. The highest BCUT2D eigenvalue weighted by molar-refractivity contribution is 6.30. The monoisotopic (exact) mass is 321 g/mol. The van der Waals surface area contributed by atoms with E-state index in [0.717, 1.165) is 4.57 Å². The van der Waals surface area contributed by atoms with E-state index in [1.165, 1.54) is 37.4 Å². The number of aromatic nitrogens is 1. The predicted molar refractivity (Wildman–Crippen MR) is 79.2 cm³/mol. The molecular formula is C14H12ClN3O4. The van der Waals surface area contributed by atoms with Crippen molar-refractivity contribution in [1.82, 2.24) is 15.6 Å². The zero-order valence-corrected chi connectivity index (χ0v) is 12.3. The Morgan fingerprint density at radius 3 is 2.50 bits per heavy atom. The van der Waals surface area contributed by atoms with E-state index in [0.29, 0.717) is 10.6 Å². The van der Waals surface area contributed by atoms with Crippen LogP contribution in [-0.4, -0.2) is 16.4 Å². The molecule has 0 unspecified atom stereocenters. The molecule has 0 radical (unpaired) electrons. The van der Waals surface area contributed by atoms with Crippen molar-refractivity contribution in [3.8, 4) is 0 Å². The molecule has 0 atom stereocenters. The van der Waals surface area contributed by atoms with Crippen LogP contribution in [0.2, 0.25) is 5.02 Å². The number of halogens is 1. The summed E-state index contributed by atoms with van der Waals surface area (Å²) in [5, 5.41) is 0.501. The van der Waals surface area contributed by atoms with Crippen molar-refractivity contribution in [1.29, 1.82) is 0 Å². The molecule has 0 bridgehead atoms. The molecule has 114 valence electrons. The lowest BCUT2D eigenvalue weighted by molar-refractivity contribution is 0.0126. The average molecular weight is 322 g/mol. The Hall–Kier alpha value is -2.64. The van der Waals surface area contributed by atoms with Crippen LogP contribution < -0.4 is 16.6 Å². The number of carbonyl (C=O) groups excluding carboxylic acids is 2. The van der Waals surface area contributed by atoms with Crippen molar-refractivity contribution in [3.05, 3.63) is 69.1 Å². The van der Waals surface area contributed by atoms with Gasteiger partial charge < -0.3 is 9.40 Å². The first-order valence-corrected chi connectivity index (χ1v) is 6.55. The average Bonchev–Trinajstić information content (AvgIpc) is 2.50. The van der Waals surface area contributed by atoms with Gasteiger partial charge in [-0.3, -0.25) is 15.0 Å². The van der Waals surface area contributed by atoms with Crippen LogP contribution in [0.5, 0.6) is 0 Å². The third-order valence-corrected chi connectivity index (χ3v) is 3.06. The summed E-state index contributed by atoms with van der Waals surface area (Å²) >= 11 is 5.71. The minimum absolute atomic E-state index is 0.0424. The summed E-state index contributed by atoms with van der Waals surface area (Å²) in [6.07, 6.45) is 0. The number of rotatable bonds is 4. The molecule has 1 heterocycles. The number of benzene rings is 1. The number of hydrazine groups is 1. The van der Waals surface area contributed by atoms with E-state index in [-0.39, 0.29) is 11.3 Å². The Morgan fingerprint density at radius 1 is 1.14 bits per heavy atom. The second kappa shape index (κ2) is 6.88. The molecule has 0 saturated heterocycles. The highest BCUT2D eigenvalue weighted by Gasteiger charge is 2.12. The van der Waals surface area contributed by atoms with E-state index in [1.54, 1.807) is 12.1 Å².